The van der Waals surface area contributed by atoms with Gasteiger partial charge in [0.15, 0.2) is 0 Å². The lowest BCUT2D eigenvalue weighted by molar-refractivity contribution is 0.118. The van der Waals surface area contributed by atoms with Crippen LogP contribution >= 0.6 is 47.8 Å². The van der Waals surface area contributed by atoms with Gasteiger partial charge < -0.3 is 4.74 Å². The molecule has 0 aromatic carbocycles. The first-order valence-electron chi connectivity index (χ1n) is 3.45. The summed E-state index contributed by atoms with van der Waals surface area (Å²) in [5, 5.41) is 0.794. The van der Waals surface area contributed by atoms with Crippen molar-refractivity contribution in [3.63, 3.8) is 0 Å². The van der Waals surface area contributed by atoms with E-state index in [1.807, 2.05) is 6.92 Å². The van der Waals surface area contributed by atoms with Crippen LogP contribution in [0.3, 0.4) is 0 Å². The predicted octanol–water partition coefficient (Wildman–Crippen LogP) is 3.97. The molecule has 0 unspecified atom stereocenters. The Morgan fingerprint density at radius 1 is 1.58 bits per heavy atom. The number of hydrogen-bond acceptors (Lipinski definition) is 1. The van der Waals surface area contributed by atoms with Crippen molar-refractivity contribution < 1.29 is 4.74 Å². The summed E-state index contributed by atoms with van der Waals surface area (Å²) in [6.07, 6.45) is 1.87. The number of alkyl halides is 1. The molecule has 0 heterocycles. The Labute approximate surface area is 98.6 Å². The maximum atomic E-state index is 5.44. The summed E-state index contributed by atoms with van der Waals surface area (Å²) in [5.41, 5.74) is 1.14. The van der Waals surface area contributed by atoms with Gasteiger partial charge in [0.05, 0.1) is 16.1 Å². The summed E-state index contributed by atoms with van der Waals surface area (Å²) in [5.74, 6) is 0. The lowest BCUT2D eigenvalue weighted by Gasteiger charge is -2.09. The molecule has 70 valence electrons. The summed E-state index contributed by atoms with van der Waals surface area (Å²) in [4.78, 5) is 0. The van der Waals surface area contributed by atoms with E-state index in [1.165, 1.54) is 0 Å². The molecule has 0 aromatic rings. The van der Waals surface area contributed by atoms with E-state index in [0.717, 1.165) is 14.3 Å². The SMILES string of the molecule is C=C[C@H](C)OCC(CBr)=C(Br)Br. The Hall–Kier alpha value is 0.880. The van der Waals surface area contributed by atoms with Crippen LogP contribution in [0.2, 0.25) is 0 Å². The fourth-order valence-electron chi connectivity index (χ4n) is 0.444. The molecule has 0 fully saturated rings. The van der Waals surface area contributed by atoms with Crippen molar-refractivity contribution in [2.24, 2.45) is 0 Å². The van der Waals surface area contributed by atoms with E-state index in [1.54, 1.807) is 6.08 Å². The lowest BCUT2D eigenvalue weighted by Crippen LogP contribution is -2.08. The predicted molar refractivity (Wildman–Crippen MR) is 64.3 cm³/mol. The van der Waals surface area contributed by atoms with Crippen LogP contribution in [-0.4, -0.2) is 18.0 Å². The van der Waals surface area contributed by atoms with Crippen LogP contribution < -0.4 is 0 Å². The quantitative estimate of drug-likeness (QED) is 0.531. The van der Waals surface area contributed by atoms with Crippen LogP contribution in [0.1, 0.15) is 6.92 Å². The van der Waals surface area contributed by atoms with Gasteiger partial charge in [-0.05, 0) is 44.4 Å². The molecule has 1 nitrogen and oxygen atoms in total. The van der Waals surface area contributed by atoms with Gasteiger partial charge in [0.25, 0.3) is 0 Å². The third-order valence-electron chi connectivity index (χ3n) is 1.28. The van der Waals surface area contributed by atoms with Crippen LogP contribution in [0.15, 0.2) is 21.6 Å². The summed E-state index contributed by atoms with van der Waals surface area (Å²) in [6.45, 7) is 6.19. The minimum Gasteiger partial charge on any atom is -0.370 e. The van der Waals surface area contributed by atoms with Gasteiger partial charge in [0, 0.05) is 5.33 Å². The summed E-state index contributed by atoms with van der Waals surface area (Å²) < 4.78 is 6.39. The molecule has 0 amide bonds. The minimum absolute atomic E-state index is 0.0957. The Kier molecular flexibility index (Phi) is 7.83. The zero-order chi connectivity index (χ0) is 9.56. The zero-order valence-corrected chi connectivity index (χ0v) is 11.6. The van der Waals surface area contributed by atoms with Gasteiger partial charge in [-0.1, -0.05) is 22.0 Å². The van der Waals surface area contributed by atoms with E-state index in [4.69, 9.17) is 4.74 Å². The number of halogens is 3. The smallest absolute Gasteiger partial charge is 0.0729 e. The molecule has 0 spiro atoms. The summed E-state index contributed by atoms with van der Waals surface area (Å²) >= 11 is 10.0. The van der Waals surface area contributed by atoms with Crippen LogP contribution in [0.25, 0.3) is 0 Å². The molecule has 0 aromatic heterocycles. The van der Waals surface area contributed by atoms with Gasteiger partial charge in [-0.2, -0.15) is 0 Å². The van der Waals surface area contributed by atoms with Crippen molar-refractivity contribution in [2.75, 3.05) is 11.9 Å². The number of hydrogen-bond donors (Lipinski definition) is 0. The van der Waals surface area contributed by atoms with Crippen LogP contribution in [0.4, 0.5) is 0 Å². The summed E-state index contributed by atoms with van der Waals surface area (Å²) in [7, 11) is 0. The van der Waals surface area contributed by atoms with E-state index in [-0.39, 0.29) is 6.10 Å². The summed E-state index contributed by atoms with van der Waals surface area (Å²) in [6, 6.07) is 0. The highest BCUT2D eigenvalue weighted by Crippen LogP contribution is 2.21. The average molecular weight is 363 g/mol. The van der Waals surface area contributed by atoms with E-state index in [0.29, 0.717) is 6.61 Å². The highest BCUT2D eigenvalue weighted by molar-refractivity contribution is 9.28. The molecule has 0 N–H and O–H groups in total. The molecular weight excluding hydrogens is 352 g/mol. The second kappa shape index (κ2) is 7.30. The van der Waals surface area contributed by atoms with Gasteiger partial charge in [-0.25, -0.2) is 0 Å². The third-order valence-corrected chi connectivity index (χ3v) is 3.08. The molecule has 0 radical (unpaired) electrons. The van der Waals surface area contributed by atoms with Crippen molar-refractivity contribution in [2.45, 2.75) is 13.0 Å². The first-order chi connectivity index (χ1) is 5.61. The van der Waals surface area contributed by atoms with E-state index >= 15 is 0 Å². The van der Waals surface area contributed by atoms with Crippen molar-refractivity contribution in [3.8, 4) is 0 Å². The maximum absolute atomic E-state index is 5.44. The fourth-order valence-corrected chi connectivity index (χ4v) is 2.15. The topological polar surface area (TPSA) is 9.23 Å². The Bertz CT molecular complexity index is 173. The molecule has 0 aliphatic heterocycles. The molecular formula is C8H11Br3O. The molecule has 0 bridgehead atoms. The second-order valence-corrected chi connectivity index (χ2v) is 5.46. The minimum atomic E-state index is 0.0957. The van der Waals surface area contributed by atoms with Crippen molar-refractivity contribution in [3.05, 3.63) is 21.6 Å². The van der Waals surface area contributed by atoms with Gasteiger partial charge in [0.1, 0.15) is 0 Å². The molecule has 4 heteroatoms. The first kappa shape index (κ1) is 12.9. The van der Waals surface area contributed by atoms with E-state index < -0.39 is 0 Å². The largest absolute Gasteiger partial charge is 0.370 e. The lowest BCUT2D eigenvalue weighted by atomic mass is 10.3. The first-order valence-corrected chi connectivity index (χ1v) is 6.15. The standard InChI is InChI=1S/C8H11Br3O/c1-3-6(2)12-5-7(4-9)8(10)11/h3,6H,1,4-5H2,2H3/t6-/m0/s1. The highest BCUT2D eigenvalue weighted by atomic mass is 79.9. The van der Waals surface area contributed by atoms with E-state index in [2.05, 4.69) is 54.4 Å². The van der Waals surface area contributed by atoms with E-state index in [9.17, 15) is 0 Å². The van der Waals surface area contributed by atoms with Crippen LogP contribution in [0.5, 0.6) is 0 Å². The molecule has 0 saturated heterocycles. The molecule has 0 saturated carbocycles. The fraction of sp³-hybridized carbons (Fsp3) is 0.500. The average Bonchev–Trinajstić information content (AvgIpc) is 2.04. The van der Waals surface area contributed by atoms with Gasteiger partial charge in [0.2, 0.25) is 0 Å². The van der Waals surface area contributed by atoms with Gasteiger partial charge >= 0.3 is 0 Å². The van der Waals surface area contributed by atoms with Crippen molar-refractivity contribution in [1.29, 1.82) is 0 Å². The molecule has 0 rings (SSSR count). The second-order valence-electron chi connectivity index (χ2n) is 2.25. The highest BCUT2D eigenvalue weighted by Gasteiger charge is 2.02. The third kappa shape index (κ3) is 5.51. The number of rotatable bonds is 5. The molecule has 1 atom stereocenters. The molecule has 12 heavy (non-hydrogen) atoms. The Morgan fingerprint density at radius 2 is 2.17 bits per heavy atom. The Morgan fingerprint density at radius 3 is 2.50 bits per heavy atom. The van der Waals surface area contributed by atoms with Crippen LogP contribution in [0, 0.1) is 0 Å². The molecule has 0 aliphatic rings. The normalized spacial score (nSPS) is 12.3. The van der Waals surface area contributed by atoms with Gasteiger partial charge in [-0.3, -0.25) is 0 Å². The number of ether oxygens (including phenoxy) is 1. The maximum Gasteiger partial charge on any atom is 0.0729 e. The van der Waals surface area contributed by atoms with Gasteiger partial charge in [-0.15, -0.1) is 6.58 Å². The van der Waals surface area contributed by atoms with Crippen molar-refractivity contribution >= 4 is 47.8 Å². The molecule has 0 aliphatic carbocycles. The van der Waals surface area contributed by atoms with Crippen LogP contribution in [-0.2, 0) is 4.74 Å². The Balaban J connectivity index is 3.90. The van der Waals surface area contributed by atoms with Crippen molar-refractivity contribution in [1.82, 2.24) is 0 Å². The monoisotopic (exact) mass is 360 g/mol. The zero-order valence-electron chi connectivity index (χ0n) is 6.82.